The predicted octanol–water partition coefficient (Wildman–Crippen LogP) is 2.41. The summed E-state index contributed by atoms with van der Waals surface area (Å²) < 4.78 is 26.8. The molecule has 2 N–H and O–H groups in total. The van der Waals surface area contributed by atoms with Crippen LogP contribution < -0.4 is 10.0 Å². The number of nitrogens with zero attached hydrogens (tertiary/aromatic N) is 2. The molecule has 2 aromatic rings. The lowest BCUT2D eigenvalue weighted by Crippen LogP contribution is -2.25. The van der Waals surface area contributed by atoms with E-state index < -0.39 is 10.0 Å². The highest BCUT2D eigenvalue weighted by atomic mass is 32.2. The van der Waals surface area contributed by atoms with Crippen LogP contribution in [0, 0.1) is 5.92 Å². The molecule has 2 rings (SSSR count). The van der Waals surface area contributed by atoms with Gasteiger partial charge in [-0.05, 0) is 36.6 Å². The second kappa shape index (κ2) is 8.03. The molecule has 0 fully saturated rings. The summed E-state index contributed by atoms with van der Waals surface area (Å²) in [6.45, 7) is 5.07. The van der Waals surface area contributed by atoms with E-state index in [0.29, 0.717) is 24.8 Å². The molecular weight excluding hydrogens is 312 g/mol. The molecule has 0 radical (unpaired) electrons. The molecule has 0 saturated heterocycles. The maximum absolute atomic E-state index is 12.1. The topological polar surface area (TPSA) is 84.0 Å². The van der Waals surface area contributed by atoms with Crippen LogP contribution in [0.4, 0.5) is 5.82 Å². The number of hydrogen-bond donors (Lipinski definition) is 2. The van der Waals surface area contributed by atoms with Crippen molar-refractivity contribution in [1.29, 1.82) is 0 Å². The van der Waals surface area contributed by atoms with Crippen molar-refractivity contribution in [3.63, 3.8) is 0 Å². The van der Waals surface area contributed by atoms with Crippen molar-refractivity contribution in [3.05, 3.63) is 48.4 Å². The highest BCUT2D eigenvalue weighted by Gasteiger charge is 2.14. The quantitative estimate of drug-likeness (QED) is 0.774. The van der Waals surface area contributed by atoms with E-state index in [-0.39, 0.29) is 4.90 Å². The van der Waals surface area contributed by atoms with Crippen molar-refractivity contribution in [2.45, 2.75) is 31.7 Å². The Labute approximate surface area is 137 Å². The fourth-order valence-corrected chi connectivity index (χ4v) is 2.88. The highest BCUT2D eigenvalue weighted by molar-refractivity contribution is 7.89. The van der Waals surface area contributed by atoms with Crippen LogP contribution in [0.15, 0.2) is 47.6 Å². The lowest BCUT2D eigenvalue weighted by Gasteiger charge is -2.09. The monoisotopic (exact) mass is 334 g/mol. The van der Waals surface area contributed by atoms with Crippen molar-refractivity contribution < 1.29 is 8.42 Å². The number of pyridine rings is 2. The van der Waals surface area contributed by atoms with E-state index in [9.17, 15) is 8.42 Å². The Bertz CT molecular complexity index is 701. The third-order valence-electron chi connectivity index (χ3n) is 3.24. The molecule has 2 heterocycles. The number of rotatable bonds is 8. The van der Waals surface area contributed by atoms with Crippen LogP contribution in [-0.4, -0.2) is 24.9 Å². The summed E-state index contributed by atoms with van der Waals surface area (Å²) in [5, 5.41) is 3.11. The Morgan fingerprint density at radius 2 is 1.96 bits per heavy atom. The molecule has 2 aromatic heterocycles. The molecule has 0 aliphatic rings. The SMILES string of the molecule is CC(C)CCNS(=O)(=O)c1ccc(NCc2ccccn2)nc1. The Morgan fingerprint density at radius 3 is 2.57 bits per heavy atom. The van der Waals surface area contributed by atoms with Crippen LogP contribution in [0.3, 0.4) is 0 Å². The largest absolute Gasteiger partial charge is 0.364 e. The number of hydrogen-bond acceptors (Lipinski definition) is 5. The van der Waals surface area contributed by atoms with Gasteiger partial charge < -0.3 is 5.32 Å². The lowest BCUT2D eigenvalue weighted by atomic mass is 10.1. The average Bonchev–Trinajstić information content (AvgIpc) is 2.54. The lowest BCUT2D eigenvalue weighted by molar-refractivity contribution is 0.551. The number of anilines is 1. The van der Waals surface area contributed by atoms with E-state index >= 15 is 0 Å². The molecule has 0 aliphatic carbocycles. The summed E-state index contributed by atoms with van der Waals surface area (Å²) in [5.74, 6) is 1.06. The van der Waals surface area contributed by atoms with E-state index in [1.54, 1.807) is 18.3 Å². The van der Waals surface area contributed by atoms with E-state index in [1.165, 1.54) is 6.20 Å². The van der Waals surface area contributed by atoms with Crippen LogP contribution in [0.5, 0.6) is 0 Å². The average molecular weight is 334 g/mol. The van der Waals surface area contributed by atoms with Gasteiger partial charge in [-0.2, -0.15) is 0 Å². The molecule has 0 aromatic carbocycles. The summed E-state index contributed by atoms with van der Waals surface area (Å²) in [5.41, 5.74) is 0.890. The first-order chi connectivity index (χ1) is 11.0. The normalized spacial score (nSPS) is 11.6. The van der Waals surface area contributed by atoms with Crippen molar-refractivity contribution in [2.24, 2.45) is 5.92 Å². The van der Waals surface area contributed by atoms with Gasteiger partial charge in [0.2, 0.25) is 10.0 Å². The van der Waals surface area contributed by atoms with E-state index in [2.05, 4.69) is 33.9 Å². The summed E-state index contributed by atoms with van der Waals surface area (Å²) in [6.07, 6.45) is 3.89. The highest BCUT2D eigenvalue weighted by Crippen LogP contribution is 2.11. The minimum Gasteiger partial charge on any atom is -0.364 e. The van der Waals surface area contributed by atoms with Crippen LogP contribution in [-0.2, 0) is 16.6 Å². The second-order valence-corrected chi connectivity index (χ2v) is 7.40. The molecule has 0 bridgehead atoms. The zero-order valence-corrected chi connectivity index (χ0v) is 14.2. The van der Waals surface area contributed by atoms with Gasteiger partial charge in [0, 0.05) is 18.9 Å². The fraction of sp³-hybridized carbons (Fsp3) is 0.375. The van der Waals surface area contributed by atoms with Gasteiger partial charge in [-0.15, -0.1) is 0 Å². The summed E-state index contributed by atoms with van der Waals surface area (Å²) in [6, 6.07) is 8.87. The maximum atomic E-state index is 12.1. The van der Waals surface area contributed by atoms with E-state index in [1.807, 2.05) is 18.2 Å². The van der Waals surface area contributed by atoms with Crippen molar-refractivity contribution in [2.75, 3.05) is 11.9 Å². The summed E-state index contributed by atoms with van der Waals surface area (Å²) in [4.78, 5) is 8.52. The summed E-state index contributed by atoms with van der Waals surface area (Å²) in [7, 11) is -3.49. The Morgan fingerprint density at radius 1 is 1.13 bits per heavy atom. The molecule has 0 amide bonds. The Hall–Kier alpha value is -1.99. The first-order valence-electron chi connectivity index (χ1n) is 7.57. The third-order valence-corrected chi connectivity index (χ3v) is 4.68. The van der Waals surface area contributed by atoms with E-state index in [0.717, 1.165) is 12.1 Å². The van der Waals surface area contributed by atoms with Crippen LogP contribution in [0.25, 0.3) is 0 Å². The van der Waals surface area contributed by atoms with Gasteiger partial charge in [0.15, 0.2) is 0 Å². The van der Waals surface area contributed by atoms with Crippen molar-refractivity contribution in [1.82, 2.24) is 14.7 Å². The molecule has 0 atom stereocenters. The van der Waals surface area contributed by atoms with Gasteiger partial charge in [-0.3, -0.25) is 4.98 Å². The van der Waals surface area contributed by atoms with Crippen LogP contribution in [0.1, 0.15) is 26.0 Å². The Balaban J connectivity index is 1.93. The first kappa shape index (κ1) is 17.4. The minimum atomic E-state index is -3.49. The number of sulfonamides is 1. The van der Waals surface area contributed by atoms with Gasteiger partial charge in [0.1, 0.15) is 10.7 Å². The molecule has 124 valence electrons. The van der Waals surface area contributed by atoms with Gasteiger partial charge in [0.05, 0.1) is 12.2 Å². The molecule has 6 nitrogen and oxygen atoms in total. The number of nitrogens with one attached hydrogen (secondary N) is 2. The van der Waals surface area contributed by atoms with Crippen molar-refractivity contribution in [3.8, 4) is 0 Å². The summed E-state index contributed by atoms with van der Waals surface area (Å²) >= 11 is 0. The van der Waals surface area contributed by atoms with Gasteiger partial charge in [-0.1, -0.05) is 19.9 Å². The Kier molecular flexibility index (Phi) is 6.06. The van der Waals surface area contributed by atoms with Gasteiger partial charge in [0.25, 0.3) is 0 Å². The molecule has 7 heteroatoms. The van der Waals surface area contributed by atoms with E-state index in [4.69, 9.17) is 0 Å². The van der Waals surface area contributed by atoms with Gasteiger partial charge >= 0.3 is 0 Å². The fourth-order valence-electron chi connectivity index (χ4n) is 1.89. The second-order valence-electron chi connectivity index (χ2n) is 5.63. The van der Waals surface area contributed by atoms with Gasteiger partial charge in [-0.25, -0.2) is 18.1 Å². The molecular formula is C16H22N4O2S. The standard InChI is InChI=1S/C16H22N4O2S/c1-13(2)8-10-20-23(21,22)15-6-7-16(19-12-15)18-11-14-5-3-4-9-17-14/h3-7,9,12-13,20H,8,10-11H2,1-2H3,(H,18,19). The van der Waals surface area contributed by atoms with Crippen LogP contribution in [0.2, 0.25) is 0 Å². The third kappa shape index (κ3) is 5.61. The number of aromatic nitrogens is 2. The predicted molar refractivity (Wildman–Crippen MR) is 90.4 cm³/mol. The molecule has 0 saturated carbocycles. The zero-order chi connectivity index (χ0) is 16.7. The smallest absolute Gasteiger partial charge is 0.242 e. The van der Waals surface area contributed by atoms with Crippen molar-refractivity contribution >= 4 is 15.8 Å². The minimum absolute atomic E-state index is 0.171. The maximum Gasteiger partial charge on any atom is 0.242 e. The molecule has 0 aliphatic heterocycles. The molecule has 23 heavy (non-hydrogen) atoms. The zero-order valence-electron chi connectivity index (χ0n) is 13.4. The van der Waals surface area contributed by atoms with Crippen LogP contribution >= 0.6 is 0 Å². The molecule has 0 spiro atoms. The first-order valence-corrected chi connectivity index (χ1v) is 9.05. The molecule has 0 unspecified atom stereocenters.